The van der Waals surface area contributed by atoms with Gasteiger partial charge < -0.3 is 15.4 Å². The molecular weight excluding hydrogens is 269 g/mol. The second-order valence-corrected chi connectivity index (χ2v) is 4.67. The number of benzene rings is 1. The summed E-state index contributed by atoms with van der Waals surface area (Å²) in [5.74, 6) is 0.598. The number of hydrogen-bond donors (Lipinski definition) is 2. The summed E-state index contributed by atoms with van der Waals surface area (Å²) in [7, 11) is 1.73. The summed E-state index contributed by atoms with van der Waals surface area (Å²) in [5, 5.41) is 6.42. The lowest BCUT2D eigenvalue weighted by Crippen LogP contribution is -2.38. The summed E-state index contributed by atoms with van der Waals surface area (Å²) in [6.45, 7) is 5.08. The molecule has 0 aliphatic rings. The lowest BCUT2D eigenvalue weighted by atomic mass is 10.1. The van der Waals surface area contributed by atoms with Gasteiger partial charge in [0.1, 0.15) is 5.82 Å². The molecule has 1 aromatic rings. The van der Waals surface area contributed by atoms with Gasteiger partial charge in [0.15, 0.2) is 5.96 Å². The Bertz CT molecular complexity index is 424. The van der Waals surface area contributed by atoms with E-state index in [9.17, 15) is 4.39 Å². The molecule has 0 aliphatic carbocycles. The van der Waals surface area contributed by atoms with Crippen LogP contribution in [0.5, 0.6) is 0 Å². The summed E-state index contributed by atoms with van der Waals surface area (Å²) in [6.07, 6.45) is 2.71. The fraction of sp³-hybridized carbons (Fsp3) is 0.562. The SMILES string of the molecule is CCOCCCCNC(=NC)NCCc1ccccc1F. The first-order chi connectivity index (χ1) is 10.3. The van der Waals surface area contributed by atoms with Crippen LogP contribution in [0, 0.1) is 5.82 Å². The average molecular weight is 295 g/mol. The fourth-order valence-corrected chi connectivity index (χ4v) is 1.92. The molecule has 0 aromatic heterocycles. The number of rotatable bonds is 9. The molecule has 0 bridgehead atoms. The molecule has 0 spiro atoms. The third-order valence-electron chi connectivity index (χ3n) is 3.08. The standard InChI is InChI=1S/C16H26FN3O/c1-3-21-13-7-6-11-19-16(18-2)20-12-10-14-8-4-5-9-15(14)17/h4-5,8-9H,3,6-7,10-13H2,1-2H3,(H2,18,19,20). The molecule has 0 radical (unpaired) electrons. The van der Waals surface area contributed by atoms with Crippen molar-refractivity contribution in [3.05, 3.63) is 35.6 Å². The van der Waals surface area contributed by atoms with Gasteiger partial charge in [-0.1, -0.05) is 18.2 Å². The lowest BCUT2D eigenvalue weighted by molar-refractivity contribution is 0.143. The maximum atomic E-state index is 13.5. The van der Waals surface area contributed by atoms with Crippen molar-refractivity contribution < 1.29 is 9.13 Å². The third kappa shape index (κ3) is 7.66. The van der Waals surface area contributed by atoms with Crippen molar-refractivity contribution in [1.29, 1.82) is 0 Å². The Balaban J connectivity index is 2.16. The highest BCUT2D eigenvalue weighted by Crippen LogP contribution is 2.05. The topological polar surface area (TPSA) is 45.6 Å². The molecule has 0 heterocycles. The van der Waals surface area contributed by atoms with Gasteiger partial charge >= 0.3 is 0 Å². The average Bonchev–Trinajstić information content (AvgIpc) is 2.50. The van der Waals surface area contributed by atoms with Gasteiger partial charge in [-0.3, -0.25) is 4.99 Å². The van der Waals surface area contributed by atoms with Crippen molar-refractivity contribution in [3.63, 3.8) is 0 Å². The number of nitrogens with zero attached hydrogens (tertiary/aromatic N) is 1. The highest BCUT2D eigenvalue weighted by Gasteiger charge is 2.01. The van der Waals surface area contributed by atoms with E-state index in [0.717, 1.165) is 44.1 Å². The van der Waals surface area contributed by atoms with Gasteiger partial charge in [0.25, 0.3) is 0 Å². The first kappa shape index (κ1) is 17.4. The van der Waals surface area contributed by atoms with Crippen LogP contribution < -0.4 is 10.6 Å². The molecule has 0 fully saturated rings. The van der Waals surface area contributed by atoms with Crippen LogP contribution in [0.15, 0.2) is 29.3 Å². The predicted molar refractivity (Wildman–Crippen MR) is 85.2 cm³/mol. The van der Waals surface area contributed by atoms with Crippen LogP contribution in [0.2, 0.25) is 0 Å². The van der Waals surface area contributed by atoms with E-state index in [1.807, 2.05) is 13.0 Å². The zero-order valence-electron chi connectivity index (χ0n) is 13.0. The maximum absolute atomic E-state index is 13.5. The molecular formula is C16H26FN3O. The number of ether oxygens (including phenoxy) is 1. The molecule has 4 nitrogen and oxygen atoms in total. The van der Waals surface area contributed by atoms with Crippen LogP contribution in [-0.4, -0.2) is 39.3 Å². The molecule has 21 heavy (non-hydrogen) atoms. The minimum atomic E-state index is -0.154. The molecule has 2 N–H and O–H groups in total. The Labute approximate surface area is 126 Å². The number of guanidine groups is 1. The molecule has 0 aliphatic heterocycles. The fourth-order valence-electron chi connectivity index (χ4n) is 1.92. The highest BCUT2D eigenvalue weighted by molar-refractivity contribution is 5.79. The second-order valence-electron chi connectivity index (χ2n) is 4.67. The van der Waals surface area contributed by atoms with Gasteiger partial charge in [-0.2, -0.15) is 0 Å². The smallest absolute Gasteiger partial charge is 0.190 e. The van der Waals surface area contributed by atoms with Crippen molar-refractivity contribution in [2.24, 2.45) is 4.99 Å². The van der Waals surface area contributed by atoms with Crippen LogP contribution in [0.25, 0.3) is 0 Å². The normalized spacial score (nSPS) is 11.5. The van der Waals surface area contributed by atoms with Crippen LogP contribution in [0.3, 0.4) is 0 Å². The summed E-state index contributed by atoms with van der Waals surface area (Å²) in [6, 6.07) is 6.85. The Morgan fingerprint density at radius 3 is 2.67 bits per heavy atom. The van der Waals surface area contributed by atoms with Gasteiger partial charge in [0, 0.05) is 33.4 Å². The van der Waals surface area contributed by atoms with Gasteiger partial charge in [-0.05, 0) is 37.8 Å². The monoisotopic (exact) mass is 295 g/mol. The first-order valence-corrected chi connectivity index (χ1v) is 7.53. The first-order valence-electron chi connectivity index (χ1n) is 7.53. The van der Waals surface area contributed by atoms with Crippen molar-refractivity contribution in [3.8, 4) is 0 Å². The minimum absolute atomic E-state index is 0.154. The van der Waals surface area contributed by atoms with Gasteiger partial charge in [-0.15, -0.1) is 0 Å². The summed E-state index contributed by atoms with van der Waals surface area (Å²) in [5.41, 5.74) is 0.720. The number of hydrogen-bond acceptors (Lipinski definition) is 2. The third-order valence-corrected chi connectivity index (χ3v) is 3.08. The molecule has 1 aromatic carbocycles. The highest BCUT2D eigenvalue weighted by atomic mass is 19.1. The predicted octanol–water partition coefficient (Wildman–Crippen LogP) is 2.35. The zero-order chi connectivity index (χ0) is 15.3. The molecule has 0 saturated carbocycles. The summed E-state index contributed by atoms with van der Waals surface area (Å²) >= 11 is 0. The van der Waals surface area contributed by atoms with E-state index in [2.05, 4.69) is 15.6 Å². The van der Waals surface area contributed by atoms with Crippen molar-refractivity contribution in [2.75, 3.05) is 33.4 Å². The molecule has 118 valence electrons. The molecule has 5 heteroatoms. The van der Waals surface area contributed by atoms with Crippen molar-refractivity contribution >= 4 is 5.96 Å². The van der Waals surface area contributed by atoms with E-state index in [0.29, 0.717) is 13.0 Å². The number of aliphatic imine (C=N–C) groups is 1. The Morgan fingerprint density at radius 2 is 1.95 bits per heavy atom. The molecule has 0 unspecified atom stereocenters. The number of nitrogens with one attached hydrogen (secondary N) is 2. The van der Waals surface area contributed by atoms with Crippen LogP contribution in [-0.2, 0) is 11.2 Å². The Kier molecular flexibility index (Phi) is 9.20. The number of unbranched alkanes of at least 4 members (excludes halogenated alkanes) is 1. The van der Waals surface area contributed by atoms with Gasteiger partial charge in [0.2, 0.25) is 0 Å². The number of halogens is 1. The summed E-state index contributed by atoms with van der Waals surface area (Å²) < 4.78 is 18.7. The van der Waals surface area contributed by atoms with E-state index in [4.69, 9.17) is 4.74 Å². The lowest BCUT2D eigenvalue weighted by Gasteiger charge is -2.12. The van der Waals surface area contributed by atoms with Gasteiger partial charge in [0.05, 0.1) is 0 Å². The molecule has 0 saturated heterocycles. The zero-order valence-corrected chi connectivity index (χ0v) is 13.0. The maximum Gasteiger partial charge on any atom is 0.190 e. The largest absolute Gasteiger partial charge is 0.382 e. The Hall–Kier alpha value is -1.62. The van der Waals surface area contributed by atoms with E-state index >= 15 is 0 Å². The van der Waals surface area contributed by atoms with E-state index in [-0.39, 0.29) is 5.82 Å². The van der Waals surface area contributed by atoms with Gasteiger partial charge in [-0.25, -0.2) is 4.39 Å². The Morgan fingerprint density at radius 1 is 1.19 bits per heavy atom. The molecule has 0 amide bonds. The minimum Gasteiger partial charge on any atom is -0.382 e. The molecule has 0 atom stereocenters. The van der Waals surface area contributed by atoms with Crippen molar-refractivity contribution in [2.45, 2.75) is 26.2 Å². The molecule has 1 rings (SSSR count). The van der Waals surface area contributed by atoms with E-state index in [1.165, 1.54) is 6.07 Å². The van der Waals surface area contributed by atoms with E-state index < -0.39 is 0 Å². The van der Waals surface area contributed by atoms with Crippen LogP contribution in [0.1, 0.15) is 25.3 Å². The summed E-state index contributed by atoms with van der Waals surface area (Å²) in [4.78, 5) is 4.15. The quantitative estimate of drug-likeness (QED) is 0.417. The van der Waals surface area contributed by atoms with Crippen LogP contribution in [0.4, 0.5) is 4.39 Å². The second kappa shape index (κ2) is 11.1. The van der Waals surface area contributed by atoms with Crippen molar-refractivity contribution in [1.82, 2.24) is 10.6 Å². The van der Waals surface area contributed by atoms with E-state index in [1.54, 1.807) is 19.2 Å². The van der Waals surface area contributed by atoms with Crippen LogP contribution >= 0.6 is 0 Å².